The van der Waals surface area contributed by atoms with Crippen LogP contribution in [0.2, 0.25) is 0 Å². The van der Waals surface area contributed by atoms with Crippen LogP contribution in [0.25, 0.3) is 0 Å². The topological polar surface area (TPSA) is 83.5 Å². The lowest BCUT2D eigenvalue weighted by molar-refractivity contribution is -0.138. The van der Waals surface area contributed by atoms with Crippen LogP contribution in [0.4, 0.5) is 0 Å². The van der Waals surface area contributed by atoms with Gasteiger partial charge in [-0.15, -0.1) is 11.3 Å². The highest BCUT2D eigenvalue weighted by molar-refractivity contribution is 9.10. The van der Waals surface area contributed by atoms with E-state index in [2.05, 4.69) is 20.7 Å². The Morgan fingerprint density at radius 3 is 2.56 bits per heavy atom. The predicted molar refractivity (Wildman–Crippen MR) is 64.2 cm³/mol. The van der Waals surface area contributed by atoms with Crippen LogP contribution in [-0.4, -0.2) is 25.5 Å². The van der Waals surface area contributed by atoms with Crippen molar-refractivity contribution in [2.45, 2.75) is 24.1 Å². The number of halogens is 1. The molecule has 0 aliphatic heterocycles. The van der Waals surface area contributed by atoms with Gasteiger partial charge in [-0.3, -0.25) is 4.79 Å². The fourth-order valence-electron chi connectivity index (χ4n) is 0.982. The van der Waals surface area contributed by atoms with Crippen LogP contribution in [0.5, 0.6) is 0 Å². The lowest BCUT2D eigenvalue weighted by Crippen LogP contribution is -2.38. The third-order valence-electron chi connectivity index (χ3n) is 1.73. The van der Waals surface area contributed by atoms with Crippen molar-refractivity contribution in [2.75, 3.05) is 0 Å². The number of sulfonamides is 1. The van der Waals surface area contributed by atoms with E-state index in [-0.39, 0.29) is 4.21 Å². The molecule has 1 aromatic heterocycles. The first-order chi connectivity index (χ1) is 7.24. The maximum Gasteiger partial charge on any atom is 0.321 e. The second-order valence-electron chi connectivity index (χ2n) is 3.17. The maximum absolute atomic E-state index is 11.8. The summed E-state index contributed by atoms with van der Waals surface area (Å²) < 4.78 is 26.2. The highest BCUT2D eigenvalue weighted by atomic mass is 79.9. The van der Waals surface area contributed by atoms with Crippen molar-refractivity contribution < 1.29 is 18.3 Å². The molecule has 0 radical (unpaired) electrons. The van der Waals surface area contributed by atoms with Crippen molar-refractivity contribution in [3.8, 4) is 0 Å². The molecule has 5 nitrogen and oxygen atoms in total. The normalized spacial score (nSPS) is 13.7. The number of hydrogen-bond acceptors (Lipinski definition) is 4. The average molecular weight is 328 g/mol. The summed E-state index contributed by atoms with van der Waals surface area (Å²) in [5.74, 6) is -1.21. The summed E-state index contributed by atoms with van der Waals surface area (Å²) in [6, 6.07) is 0.518. The lowest BCUT2D eigenvalue weighted by atomic mass is 10.4. The molecule has 2 N–H and O–H groups in total. The molecule has 0 amide bonds. The number of thiophene rings is 1. The van der Waals surface area contributed by atoms with Gasteiger partial charge in [0.1, 0.15) is 10.3 Å². The van der Waals surface area contributed by atoms with Gasteiger partial charge in [0.25, 0.3) is 10.0 Å². The Morgan fingerprint density at radius 1 is 1.62 bits per heavy atom. The molecule has 90 valence electrons. The van der Waals surface area contributed by atoms with E-state index >= 15 is 0 Å². The van der Waals surface area contributed by atoms with Crippen LogP contribution < -0.4 is 4.72 Å². The molecule has 8 heteroatoms. The summed E-state index contributed by atoms with van der Waals surface area (Å²) in [4.78, 5) is 11.4. The zero-order valence-electron chi connectivity index (χ0n) is 8.52. The van der Waals surface area contributed by atoms with Gasteiger partial charge in [-0.05, 0) is 35.8 Å². The fraction of sp³-hybridized carbons (Fsp3) is 0.375. The molecule has 0 saturated heterocycles. The smallest absolute Gasteiger partial charge is 0.321 e. The van der Waals surface area contributed by atoms with Gasteiger partial charge in [-0.1, -0.05) is 0 Å². The largest absolute Gasteiger partial charge is 0.480 e. The van der Waals surface area contributed by atoms with E-state index in [1.54, 1.807) is 13.0 Å². The zero-order chi connectivity index (χ0) is 12.5. The van der Waals surface area contributed by atoms with Crippen LogP contribution in [0.1, 0.15) is 11.8 Å². The van der Waals surface area contributed by atoms with Crippen molar-refractivity contribution in [1.82, 2.24) is 4.72 Å². The van der Waals surface area contributed by atoms with E-state index in [1.807, 2.05) is 0 Å². The van der Waals surface area contributed by atoms with Crippen LogP contribution in [0.3, 0.4) is 0 Å². The second kappa shape index (κ2) is 4.82. The van der Waals surface area contributed by atoms with Crippen molar-refractivity contribution in [2.24, 2.45) is 0 Å². The molecule has 1 rings (SSSR count). The zero-order valence-corrected chi connectivity index (χ0v) is 11.7. The highest BCUT2D eigenvalue weighted by Gasteiger charge is 2.25. The first kappa shape index (κ1) is 13.6. The molecule has 0 aliphatic rings. The lowest BCUT2D eigenvalue weighted by Gasteiger charge is -2.08. The Hall–Kier alpha value is -0.440. The number of nitrogens with one attached hydrogen (secondary N) is 1. The minimum Gasteiger partial charge on any atom is -0.480 e. The highest BCUT2D eigenvalue weighted by Crippen LogP contribution is 2.30. The molecule has 0 bridgehead atoms. The molecule has 0 saturated carbocycles. The van der Waals surface area contributed by atoms with E-state index in [9.17, 15) is 13.2 Å². The van der Waals surface area contributed by atoms with Crippen LogP contribution in [0, 0.1) is 6.92 Å². The minimum atomic E-state index is -3.77. The van der Waals surface area contributed by atoms with Gasteiger partial charge >= 0.3 is 5.97 Å². The summed E-state index contributed by atoms with van der Waals surface area (Å²) in [5.41, 5.74) is 0. The van der Waals surface area contributed by atoms with Crippen LogP contribution in [-0.2, 0) is 14.8 Å². The van der Waals surface area contributed by atoms with Crippen molar-refractivity contribution in [3.05, 3.63) is 15.4 Å². The number of carboxylic acids is 1. The van der Waals surface area contributed by atoms with E-state index in [1.165, 1.54) is 6.92 Å². The Morgan fingerprint density at radius 2 is 2.19 bits per heavy atom. The van der Waals surface area contributed by atoms with Gasteiger partial charge in [0.2, 0.25) is 0 Å². The van der Waals surface area contributed by atoms with E-state index in [0.717, 1.165) is 16.2 Å². The molecule has 0 aliphatic carbocycles. The van der Waals surface area contributed by atoms with Crippen LogP contribution >= 0.6 is 27.3 Å². The van der Waals surface area contributed by atoms with E-state index < -0.39 is 22.0 Å². The van der Waals surface area contributed by atoms with E-state index in [4.69, 9.17) is 5.11 Å². The molecule has 1 atom stereocenters. The third kappa shape index (κ3) is 3.03. The first-order valence-electron chi connectivity index (χ1n) is 4.25. The van der Waals surface area contributed by atoms with Crippen molar-refractivity contribution >= 4 is 43.3 Å². The average Bonchev–Trinajstić information content (AvgIpc) is 2.45. The van der Waals surface area contributed by atoms with Gasteiger partial charge < -0.3 is 5.11 Å². The molecular weight excluding hydrogens is 318 g/mol. The molecule has 1 unspecified atom stereocenters. The van der Waals surface area contributed by atoms with Crippen molar-refractivity contribution in [3.63, 3.8) is 0 Å². The Labute approximate surface area is 106 Å². The van der Waals surface area contributed by atoms with Crippen molar-refractivity contribution in [1.29, 1.82) is 0 Å². The standard InChI is InChI=1S/C8H10BrNO4S2/c1-4-3-6(9)8(15-4)16(13,14)10-5(2)7(11)12/h3,5,10H,1-2H3,(H,11,12). The number of aryl methyl sites for hydroxylation is 1. The van der Waals surface area contributed by atoms with Gasteiger partial charge in [0, 0.05) is 9.35 Å². The first-order valence-corrected chi connectivity index (χ1v) is 7.34. The molecule has 0 fully saturated rings. The molecule has 0 aromatic carbocycles. The van der Waals surface area contributed by atoms with Gasteiger partial charge in [-0.25, -0.2) is 8.42 Å². The monoisotopic (exact) mass is 327 g/mol. The molecule has 16 heavy (non-hydrogen) atoms. The summed E-state index contributed by atoms with van der Waals surface area (Å²) >= 11 is 4.21. The minimum absolute atomic E-state index is 0.0955. The Kier molecular flexibility index (Phi) is 4.11. The molecular formula is C8H10BrNO4S2. The van der Waals surface area contributed by atoms with Gasteiger partial charge in [0.15, 0.2) is 0 Å². The third-order valence-corrected chi connectivity index (χ3v) is 6.00. The van der Waals surface area contributed by atoms with E-state index in [0.29, 0.717) is 4.47 Å². The Bertz CT molecular complexity index is 508. The summed E-state index contributed by atoms with van der Waals surface area (Å²) in [6.07, 6.45) is 0. The number of carbonyl (C=O) groups is 1. The number of carboxylic acid groups (broad SMARTS) is 1. The summed E-state index contributed by atoms with van der Waals surface area (Å²) in [6.45, 7) is 3.04. The SMILES string of the molecule is Cc1cc(Br)c(S(=O)(=O)NC(C)C(=O)O)s1. The number of aliphatic carboxylic acids is 1. The quantitative estimate of drug-likeness (QED) is 0.879. The summed E-state index contributed by atoms with van der Waals surface area (Å²) in [5, 5.41) is 8.63. The summed E-state index contributed by atoms with van der Waals surface area (Å²) in [7, 11) is -3.77. The van der Waals surface area contributed by atoms with Gasteiger partial charge in [-0.2, -0.15) is 4.72 Å². The molecule has 1 aromatic rings. The number of hydrogen-bond donors (Lipinski definition) is 2. The fourth-order valence-corrected chi connectivity index (χ4v) is 4.95. The van der Waals surface area contributed by atoms with Crippen LogP contribution in [0.15, 0.2) is 14.7 Å². The Balaban J connectivity index is 3.03. The predicted octanol–water partition coefficient (Wildman–Crippen LogP) is 1.57. The van der Waals surface area contributed by atoms with Gasteiger partial charge in [0.05, 0.1) is 0 Å². The maximum atomic E-state index is 11.8. The molecule has 1 heterocycles. The molecule has 0 spiro atoms. The second-order valence-corrected chi connectivity index (χ2v) is 7.19. The number of rotatable bonds is 4.